The van der Waals surface area contributed by atoms with E-state index in [4.69, 9.17) is 11.6 Å². The molecule has 2 aromatic heterocycles. The Morgan fingerprint density at radius 2 is 2.25 bits per heavy atom. The van der Waals surface area contributed by atoms with E-state index in [0.717, 1.165) is 23.5 Å². The molecule has 5 heteroatoms. The van der Waals surface area contributed by atoms with Gasteiger partial charge in [0.2, 0.25) is 0 Å². The summed E-state index contributed by atoms with van der Waals surface area (Å²) in [6.07, 6.45) is 5.40. The monoisotopic (exact) mass is 236 g/mol. The maximum atomic E-state index is 6.20. The van der Waals surface area contributed by atoms with E-state index < -0.39 is 0 Å². The molecule has 0 saturated heterocycles. The molecule has 0 amide bonds. The summed E-state index contributed by atoms with van der Waals surface area (Å²) in [4.78, 5) is 13.2. The Balaban J connectivity index is 2.15. The fourth-order valence-corrected chi connectivity index (χ4v) is 2.32. The first-order valence-electron chi connectivity index (χ1n) is 5.68. The summed E-state index contributed by atoms with van der Waals surface area (Å²) in [6, 6.07) is 0. The summed E-state index contributed by atoms with van der Waals surface area (Å²) >= 11 is 6.20. The van der Waals surface area contributed by atoms with Crippen LogP contribution in [0.3, 0.4) is 0 Å². The highest BCUT2D eigenvalue weighted by molar-refractivity contribution is 6.33. The molecule has 0 radical (unpaired) electrons. The normalized spacial score (nSPS) is 16.6. The van der Waals surface area contributed by atoms with Crippen LogP contribution < -0.4 is 0 Å². The van der Waals surface area contributed by atoms with Crippen molar-refractivity contribution < 1.29 is 0 Å². The molecule has 1 fully saturated rings. The standard InChI is InChI=1S/C11H13ClN4/c1-2-16-6-13-11-8(16)9(12)14-10(15-11)7-4-3-5-7/h6-7H,2-5H2,1H3. The van der Waals surface area contributed by atoms with Gasteiger partial charge in [-0.2, -0.15) is 0 Å². The Morgan fingerprint density at radius 3 is 2.88 bits per heavy atom. The van der Waals surface area contributed by atoms with Crippen molar-refractivity contribution in [2.45, 2.75) is 38.6 Å². The topological polar surface area (TPSA) is 43.6 Å². The lowest BCUT2D eigenvalue weighted by atomic mass is 9.85. The predicted molar refractivity (Wildman–Crippen MR) is 62.6 cm³/mol. The van der Waals surface area contributed by atoms with Gasteiger partial charge < -0.3 is 4.57 Å². The molecule has 1 aliphatic carbocycles. The first-order valence-corrected chi connectivity index (χ1v) is 6.05. The minimum absolute atomic E-state index is 0.494. The van der Waals surface area contributed by atoms with Crippen molar-refractivity contribution >= 4 is 22.8 Å². The van der Waals surface area contributed by atoms with Gasteiger partial charge in [0.15, 0.2) is 10.8 Å². The quantitative estimate of drug-likeness (QED) is 0.753. The van der Waals surface area contributed by atoms with Crippen LogP contribution in [-0.2, 0) is 6.54 Å². The van der Waals surface area contributed by atoms with E-state index >= 15 is 0 Å². The third kappa shape index (κ3) is 1.40. The molecule has 0 atom stereocenters. The van der Waals surface area contributed by atoms with E-state index in [1.807, 2.05) is 4.57 Å². The number of nitrogens with zero attached hydrogens (tertiary/aromatic N) is 4. The molecule has 1 saturated carbocycles. The van der Waals surface area contributed by atoms with Crippen molar-refractivity contribution in [2.24, 2.45) is 0 Å². The van der Waals surface area contributed by atoms with Gasteiger partial charge in [-0.3, -0.25) is 0 Å². The lowest BCUT2D eigenvalue weighted by molar-refractivity contribution is 0.402. The van der Waals surface area contributed by atoms with Gasteiger partial charge in [-0.15, -0.1) is 0 Å². The van der Waals surface area contributed by atoms with E-state index in [0.29, 0.717) is 11.1 Å². The summed E-state index contributed by atoms with van der Waals surface area (Å²) in [6.45, 7) is 2.89. The fraction of sp³-hybridized carbons (Fsp3) is 0.545. The van der Waals surface area contributed by atoms with E-state index in [1.54, 1.807) is 6.33 Å². The van der Waals surface area contributed by atoms with Gasteiger partial charge in [0, 0.05) is 12.5 Å². The number of fused-ring (bicyclic) bond motifs is 1. The minimum atomic E-state index is 0.494. The van der Waals surface area contributed by atoms with Crippen molar-refractivity contribution in [2.75, 3.05) is 0 Å². The summed E-state index contributed by atoms with van der Waals surface area (Å²) in [5, 5.41) is 0.534. The Kier molecular flexibility index (Phi) is 2.32. The highest BCUT2D eigenvalue weighted by Gasteiger charge is 2.24. The zero-order valence-electron chi connectivity index (χ0n) is 9.15. The molecular weight excluding hydrogens is 224 g/mol. The second kappa shape index (κ2) is 3.70. The SMILES string of the molecule is CCn1cnc2nc(C3CCC3)nc(Cl)c21. The van der Waals surface area contributed by atoms with Crippen molar-refractivity contribution in [3.05, 3.63) is 17.3 Å². The summed E-state index contributed by atoms with van der Waals surface area (Å²) in [5.74, 6) is 1.36. The maximum Gasteiger partial charge on any atom is 0.182 e. The van der Waals surface area contributed by atoms with Gasteiger partial charge >= 0.3 is 0 Å². The fourth-order valence-electron chi connectivity index (χ4n) is 2.04. The minimum Gasteiger partial charge on any atom is -0.327 e. The molecule has 0 spiro atoms. The summed E-state index contributed by atoms with van der Waals surface area (Å²) < 4.78 is 1.97. The van der Waals surface area contributed by atoms with Gasteiger partial charge in [0.05, 0.1) is 6.33 Å². The molecule has 0 aromatic carbocycles. The summed E-state index contributed by atoms with van der Waals surface area (Å²) in [7, 11) is 0. The van der Waals surface area contributed by atoms with Crippen molar-refractivity contribution in [3.63, 3.8) is 0 Å². The first kappa shape index (κ1) is 10.0. The third-order valence-electron chi connectivity index (χ3n) is 3.26. The number of hydrogen-bond donors (Lipinski definition) is 0. The Hall–Kier alpha value is -1.16. The number of rotatable bonds is 2. The van der Waals surface area contributed by atoms with E-state index in [-0.39, 0.29) is 0 Å². The molecule has 2 heterocycles. The molecule has 0 aliphatic heterocycles. The molecule has 2 aromatic rings. The van der Waals surface area contributed by atoms with Crippen LogP contribution in [0.5, 0.6) is 0 Å². The molecular formula is C11H13ClN4. The van der Waals surface area contributed by atoms with Crippen LogP contribution in [-0.4, -0.2) is 19.5 Å². The second-order valence-corrected chi connectivity index (χ2v) is 4.56. The second-order valence-electron chi connectivity index (χ2n) is 4.20. The molecule has 0 bridgehead atoms. The number of halogens is 1. The average Bonchev–Trinajstić information content (AvgIpc) is 2.58. The van der Waals surface area contributed by atoms with E-state index in [1.165, 1.54) is 19.3 Å². The molecule has 84 valence electrons. The van der Waals surface area contributed by atoms with Crippen LogP contribution in [0.25, 0.3) is 11.2 Å². The Morgan fingerprint density at radius 1 is 1.44 bits per heavy atom. The number of hydrogen-bond acceptors (Lipinski definition) is 3. The summed E-state index contributed by atoms with van der Waals surface area (Å²) in [5.41, 5.74) is 1.58. The molecule has 16 heavy (non-hydrogen) atoms. The molecule has 3 rings (SSSR count). The molecule has 0 unspecified atom stereocenters. The lowest BCUT2D eigenvalue weighted by Gasteiger charge is -2.23. The molecule has 1 aliphatic rings. The number of aromatic nitrogens is 4. The van der Waals surface area contributed by atoms with Gasteiger partial charge in [0.25, 0.3) is 0 Å². The van der Waals surface area contributed by atoms with E-state index in [9.17, 15) is 0 Å². The largest absolute Gasteiger partial charge is 0.327 e. The lowest BCUT2D eigenvalue weighted by Crippen LogP contribution is -2.13. The highest BCUT2D eigenvalue weighted by atomic mass is 35.5. The zero-order valence-corrected chi connectivity index (χ0v) is 9.91. The van der Waals surface area contributed by atoms with Crippen LogP contribution in [0.15, 0.2) is 6.33 Å². The molecule has 4 nitrogen and oxygen atoms in total. The van der Waals surface area contributed by atoms with Gasteiger partial charge in [-0.1, -0.05) is 18.0 Å². The van der Waals surface area contributed by atoms with Crippen molar-refractivity contribution in [3.8, 4) is 0 Å². The van der Waals surface area contributed by atoms with Gasteiger partial charge in [0.1, 0.15) is 11.3 Å². The van der Waals surface area contributed by atoms with Crippen LogP contribution in [0.2, 0.25) is 5.15 Å². The van der Waals surface area contributed by atoms with Crippen LogP contribution in [0, 0.1) is 0 Å². The number of imidazole rings is 1. The molecule has 0 N–H and O–H groups in total. The van der Waals surface area contributed by atoms with E-state index in [2.05, 4.69) is 21.9 Å². The third-order valence-corrected chi connectivity index (χ3v) is 3.52. The highest BCUT2D eigenvalue weighted by Crippen LogP contribution is 2.35. The zero-order chi connectivity index (χ0) is 11.1. The maximum absolute atomic E-state index is 6.20. The number of aryl methyl sites for hydroxylation is 1. The van der Waals surface area contributed by atoms with Crippen LogP contribution in [0.4, 0.5) is 0 Å². The smallest absolute Gasteiger partial charge is 0.182 e. The first-order chi connectivity index (χ1) is 7.79. The van der Waals surface area contributed by atoms with Crippen LogP contribution >= 0.6 is 11.6 Å². The van der Waals surface area contributed by atoms with Gasteiger partial charge in [-0.25, -0.2) is 15.0 Å². The van der Waals surface area contributed by atoms with Crippen LogP contribution in [0.1, 0.15) is 37.9 Å². The van der Waals surface area contributed by atoms with Crippen molar-refractivity contribution in [1.82, 2.24) is 19.5 Å². The van der Waals surface area contributed by atoms with Gasteiger partial charge in [-0.05, 0) is 19.8 Å². The van der Waals surface area contributed by atoms with Crippen molar-refractivity contribution in [1.29, 1.82) is 0 Å². The Labute approximate surface area is 98.7 Å². The Bertz CT molecular complexity index is 530. The average molecular weight is 237 g/mol. The predicted octanol–water partition coefficient (Wildman–Crippen LogP) is 2.77.